The van der Waals surface area contributed by atoms with E-state index in [9.17, 15) is 24.3 Å². The molecular weight excluding hydrogens is 1200 g/mol. The lowest BCUT2D eigenvalue weighted by molar-refractivity contribution is 0.0598. The van der Waals surface area contributed by atoms with Gasteiger partial charge in [0.05, 0.1) is 77.4 Å². The Morgan fingerprint density at radius 2 is 0.744 bits per heavy atom. The molecule has 90 heavy (non-hydrogen) atoms. The molecular formula is C72H69Cl3N6O9. The Kier molecular flexibility index (Phi) is 22.7. The summed E-state index contributed by atoms with van der Waals surface area (Å²) in [6.07, 6.45) is 20.7. The van der Waals surface area contributed by atoms with Crippen molar-refractivity contribution >= 4 is 82.9 Å². The number of hydrogen-bond donors (Lipinski definition) is 3. The molecule has 0 unspecified atom stereocenters. The number of hydrogen-bond acceptors (Lipinski definition) is 12. The summed E-state index contributed by atoms with van der Waals surface area (Å²) in [5.74, 6) is 0.607. The molecule has 0 radical (unpaired) electrons. The van der Waals surface area contributed by atoms with Crippen molar-refractivity contribution in [3.8, 4) is 17.2 Å². The largest absolute Gasteiger partial charge is 0.495 e. The molecule has 2 amide bonds. The number of carbonyl (C=O) groups excluding carboxylic acids is 3. The van der Waals surface area contributed by atoms with E-state index in [0.29, 0.717) is 68.3 Å². The number of aromatic nitrogens is 4. The number of carbonyl (C=O) groups is 4. The summed E-state index contributed by atoms with van der Waals surface area (Å²) in [4.78, 5) is 64.4. The number of halogens is 3. The molecule has 0 bridgehead atoms. The van der Waals surface area contributed by atoms with E-state index in [-0.39, 0.29) is 25.2 Å². The van der Waals surface area contributed by atoms with Gasteiger partial charge in [-0.3, -0.25) is 29.5 Å². The molecule has 0 fully saturated rings. The summed E-state index contributed by atoms with van der Waals surface area (Å²) in [7, 11) is 9.47. The number of esters is 1. The van der Waals surface area contributed by atoms with Gasteiger partial charge in [0.15, 0.2) is 0 Å². The molecule has 4 aliphatic rings. The first-order valence-electron chi connectivity index (χ1n) is 28.5. The third kappa shape index (κ3) is 16.1. The third-order valence-corrected chi connectivity index (χ3v) is 16.3. The van der Waals surface area contributed by atoms with Gasteiger partial charge in [-0.1, -0.05) is 113 Å². The number of benzene rings is 4. The number of fused-ring (bicyclic) bond motifs is 4. The summed E-state index contributed by atoms with van der Waals surface area (Å²) in [6.45, 7) is 2.09. The minimum Gasteiger partial charge on any atom is -0.495 e. The van der Waals surface area contributed by atoms with Gasteiger partial charge in [-0.25, -0.2) is 9.59 Å². The molecule has 0 aliphatic heterocycles. The van der Waals surface area contributed by atoms with E-state index in [1.165, 1.54) is 41.2 Å². The Balaban J connectivity index is 0.000000154. The first kappa shape index (κ1) is 66.5. The first-order chi connectivity index (χ1) is 43.0. The number of aromatic carboxylic acids is 1. The second-order valence-electron chi connectivity index (χ2n) is 21.4. The number of nitrogens with one attached hydrogen (secondary N) is 2. The van der Waals surface area contributed by atoms with Crippen LogP contribution in [0, 0.1) is 6.92 Å². The van der Waals surface area contributed by atoms with Crippen LogP contribution in [0.5, 0.6) is 17.2 Å². The molecule has 4 heterocycles. The summed E-state index contributed by atoms with van der Waals surface area (Å²) < 4.78 is 20.6. The molecule has 12 rings (SSSR count). The van der Waals surface area contributed by atoms with E-state index in [0.717, 1.165) is 105 Å². The van der Waals surface area contributed by atoms with Crippen molar-refractivity contribution in [2.45, 2.75) is 65.7 Å². The Hall–Kier alpha value is -9.41. The third-order valence-electron chi connectivity index (χ3n) is 15.4. The Morgan fingerprint density at radius 1 is 0.444 bits per heavy atom. The van der Waals surface area contributed by atoms with Gasteiger partial charge >= 0.3 is 11.9 Å². The smallest absolute Gasteiger partial charge is 0.338 e. The van der Waals surface area contributed by atoms with Crippen LogP contribution in [0.2, 0.25) is 15.1 Å². The molecule has 462 valence electrons. The second kappa shape index (κ2) is 30.7. The van der Waals surface area contributed by atoms with Crippen LogP contribution in [0.15, 0.2) is 150 Å². The van der Waals surface area contributed by atoms with Gasteiger partial charge < -0.3 is 34.7 Å². The fraction of sp³-hybridized carbons (Fsp3) is 0.222. The summed E-state index contributed by atoms with van der Waals surface area (Å²) in [5, 5.41) is 16.4. The maximum Gasteiger partial charge on any atom is 0.338 e. The van der Waals surface area contributed by atoms with E-state index in [1.807, 2.05) is 60.7 Å². The van der Waals surface area contributed by atoms with Crippen molar-refractivity contribution in [3.63, 3.8) is 0 Å². The molecule has 4 aromatic heterocycles. The highest BCUT2D eigenvalue weighted by molar-refractivity contribution is 6.32. The van der Waals surface area contributed by atoms with Gasteiger partial charge in [-0.15, -0.1) is 0 Å². The van der Waals surface area contributed by atoms with Crippen molar-refractivity contribution in [2.75, 3.05) is 42.5 Å². The molecule has 8 aromatic rings. The number of aryl methyl sites for hydroxylation is 1. The Morgan fingerprint density at radius 3 is 1.07 bits per heavy atom. The van der Waals surface area contributed by atoms with E-state index in [1.54, 1.807) is 84.3 Å². The Labute approximate surface area is 539 Å². The van der Waals surface area contributed by atoms with E-state index < -0.39 is 5.97 Å². The van der Waals surface area contributed by atoms with Gasteiger partial charge in [-0.2, -0.15) is 0 Å². The number of amides is 2. The van der Waals surface area contributed by atoms with Crippen molar-refractivity contribution in [1.82, 2.24) is 30.6 Å². The fourth-order valence-electron chi connectivity index (χ4n) is 11.0. The van der Waals surface area contributed by atoms with Crippen LogP contribution in [0.3, 0.4) is 0 Å². The zero-order valence-corrected chi connectivity index (χ0v) is 52.5. The normalized spacial score (nSPS) is 12.5. The minimum absolute atomic E-state index is 0. The van der Waals surface area contributed by atoms with E-state index in [4.69, 9.17) is 53.8 Å². The van der Waals surface area contributed by atoms with Crippen molar-refractivity contribution in [3.05, 3.63) is 260 Å². The first-order valence-corrected chi connectivity index (χ1v) is 29.6. The maximum atomic E-state index is 12.0. The number of pyridine rings is 4. The molecule has 4 aliphatic carbocycles. The highest BCUT2D eigenvalue weighted by Gasteiger charge is 2.25. The van der Waals surface area contributed by atoms with Crippen LogP contribution in [-0.4, -0.2) is 91.3 Å². The number of rotatable bonds is 15. The number of methoxy groups -OCH3 is 4. The molecule has 0 saturated carbocycles. The van der Waals surface area contributed by atoms with E-state index >= 15 is 0 Å². The van der Waals surface area contributed by atoms with Crippen LogP contribution >= 0.6 is 34.8 Å². The predicted octanol–water partition coefficient (Wildman–Crippen LogP) is 14.2. The fourth-order valence-corrected chi connectivity index (χ4v) is 11.6. The minimum atomic E-state index is -0.915. The topological polar surface area (TPSA) is 201 Å². The Bertz CT molecular complexity index is 4020. The summed E-state index contributed by atoms with van der Waals surface area (Å²) in [5.41, 5.74) is 20.1. The standard InChI is InChI=1S/C18H17ClN2O2.C18H16ClNO3.C18H18N2O.C17H14ClNO3.CH4/c1-20-18(22)13-5-6-21-16-9-12(8-14(13)16)7-11-3-4-15(19)17(10-11)23-2;1-22-17-10-11(3-4-15(17)19)7-12-8-14-13(18(21)23-2)5-6-20-16(14)9-12;1-12-3-5-13(6-4-12)9-14-10-16-15(18(21)19-2)7-8-20-17(16)11-14;1-22-16-9-10(2-3-14(16)18)6-11-7-13-12(17(20)21)4-5-19-15(13)8-11;/h3-6,9-10H,7-8H2,1-2H3,(H,20,22);3-6,9-10H,7-8H2,1-2H3;3-8,11H,9-10H2,1-2H3,(H,19,21);2-5,8-9H,6-7H2,1H3,(H,20,21);1H4. The van der Waals surface area contributed by atoms with Crippen LogP contribution in [0.4, 0.5) is 0 Å². The molecule has 0 saturated heterocycles. The van der Waals surface area contributed by atoms with Gasteiger partial charge in [0.2, 0.25) is 0 Å². The lowest BCUT2D eigenvalue weighted by Crippen LogP contribution is -2.19. The lowest BCUT2D eigenvalue weighted by Gasteiger charge is -2.08. The number of carboxylic acid groups (broad SMARTS) is 1. The number of allylic oxidation sites excluding steroid dienone is 4. The molecule has 15 nitrogen and oxygen atoms in total. The van der Waals surface area contributed by atoms with Crippen LogP contribution in [-0.2, 0) is 56.1 Å². The average Bonchev–Trinajstić information content (AvgIpc) is 2.03. The lowest BCUT2D eigenvalue weighted by atomic mass is 10.0. The quantitative estimate of drug-likeness (QED) is 0.0819. The summed E-state index contributed by atoms with van der Waals surface area (Å²) >= 11 is 18.1. The number of carboxylic acids is 1. The predicted molar refractivity (Wildman–Crippen MR) is 355 cm³/mol. The van der Waals surface area contributed by atoms with Gasteiger partial charge in [0.1, 0.15) is 17.2 Å². The van der Waals surface area contributed by atoms with Gasteiger partial charge in [0, 0.05) is 50.0 Å². The number of ether oxygens (including phenoxy) is 4. The van der Waals surface area contributed by atoms with Crippen molar-refractivity contribution < 1.29 is 43.2 Å². The summed E-state index contributed by atoms with van der Waals surface area (Å²) in [6, 6.07) is 32.5. The van der Waals surface area contributed by atoms with Gasteiger partial charge in [-0.05, 0) is 188 Å². The zero-order chi connectivity index (χ0) is 63.3. The molecule has 3 N–H and O–H groups in total. The monoisotopic (exact) mass is 1270 g/mol. The molecule has 18 heteroatoms. The highest BCUT2D eigenvalue weighted by Crippen LogP contribution is 2.35. The molecule has 0 spiro atoms. The van der Waals surface area contributed by atoms with E-state index in [2.05, 4.69) is 73.9 Å². The van der Waals surface area contributed by atoms with Crippen LogP contribution < -0.4 is 24.8 Å². The highest BCUT2D eigenvalue weighted by atomic mass is 35.5. The van der Waals surface area contributed by atoms with Crippen LogP contribution in [0.25, 0.3) is 24.3 Å². The van der Waals surface area contributed by atoms with Crippen molar-refractivity contribution in [2.24, 2.45) is 0 Å². The SMILES string of the molecule is C.CNC(=O)c1ccnc2c1CC(Cc1ccc(C)cc1)=C2.CNC(=O)c1ccnc2c1CC(Cc1ccc(Cl)c(OC)c1)=C2.COC(=O)c1ccnc2c1CC(Cc1ccc(Cl)c(OC)c1)=C2.COc1cc(CC2=Cc3nccc(C(=O)O)c3C2)ccc1Cl. The van der Waals surface area contributed by atoms with Crippen molar-refractivity contribution in [1.29, 1.82) is 0 Å². The zero-order valence-electron chi connectivity index (χ0n) is 50.2. The molecule has 4 aromatic carbocycles. The van der Waals surface area contributed by atoms with Gasteiger partial charge in [0.25, 0.3) is 11.8 Å². The maximum absolute atomic E-state index is 12.0. The number of nitrogens with zero attached hydrogens (tertiary/aromatic N) is 4. The van der Waals surface area contributed by atoms with Crippen LogP contribution in [0.1, 0.15) is 122 Å². The molecule has 0 atom stereocenters. The second-order valence-corrected chi connectivity index (χ2v) is 22.6. The average molecular weight is 1270 g/mol.